The lowest BCUT2D eigenvalue weighted by atomic mass is 9.97. The van der Waals surface area contributed by atoms with Crippen molar-refractivity contribution in [3.8, 4) is 11.5 Å². The Hall–Kier alpha value is -3.71. The van der Waals surface area contributed by atoms with Crippen LogP contribution in [0.4, 0.5) is 4.39 Å². The minimum Gasteiger partial charge on any atom is -0.497 e. The van der Waals surface area contributed by atoms with Crippen LogP contribution in [0.15, 0.2) is 71.8 Å². The second-order valence-electron chi connectivity index (χ2n) is 8.85. The summed E-state index contributed by atoms with van der Waals surface area (Å²) in [6, 6.07) is 19.9. The fourth-order valence-electron chi connectivity index (χ4n) is 4.85. The summed E-state index contributed by atoms with van der Waals surface area (Å²) in [5.41, 5.74) is 4.99. The standard InChI is InChI=1S/C28H28FN3O3/c1-34-23-11-12-24(27(15-23)35-2)26-16-25(20-7-9-22(29)10-8-20)30-32(26)28(33)18-31-14-13-19-5-3-4-6-21(19)17-31/h3-12,15,26H,13-14,16-18H2,1-2H3. The number of carbonyl (C=O) groups is 1. The van der Waals surface area contributed by atoms with Gasteiger partial charge in [-0.15, -0.1) is 0 Å². The van der Waals surface area contributed by atoms with Gasteiger partial charge in [0.1, 0.15) is 17.3 Å². The molecule has 3 aromatic rings. The first kappa shape index (κ1) is 23.1. The fourth-order valence-corrected chi connectivity index (χ4v) is 4.85. The van der Waals surface area contributed by atoms with Crippen LogP contribution in [-0.4, -0.2) is 48.8 Å². The highest BCUT2D eigenvalue weighted by Crippen LogP contribution is 2.39. The Morgan fingerprint density at radius 1 is 1.03 bits per heavy atom. The lowest BCUT2D eigenvalue weighted by molar-refractivity contribution is -0.134. The third-order valence-electron chi connectivity index (χ3n) is 6.71. The molecule has 1 amide bonds. The van der Waals surface area contributed by atoms with E-state index >= 15 is 0 Å². The van der Waals surface area contributed by atoms with Crippen LogP contribution in [0.3, 0.4) is 0 Å². The maximum atomic E-state index is 13.6. The fraction of sp³-hybridized carbons (Fsp3) is 0.286. The molecule has 1 unspecified atom stereocenters. The Labute approximate surface area is 204 Å². The van der Waals surface area contributed by atoms with Gasteiger partial charge in [0, 0.05) is 31.1 Å². The third kappa shape index (κ3) is 4.77. The molecule has 2 heterocycles. The van der Waals surface area contributed by atoms with E-state index in [0.29, 0.717) is 17.9 Å². The second kappa shape index (κ2) is 9.88. The summed E-state index contributed by atoms with van der Waals surface area (Å²) in [4.78, 5) is 15.8. The minimum absolute atomic E-state index is 0.0793. The molecule has 0 spiro atoms. The molecule has 3 aromatic carbocycles. The first-order valence-corrected chi connectivity index (χ1v) is 11.7. The molecule has 0 saturated heterocycles. The van der Waals surface area contributed by atoms with Crippen LogP contribution in [-0.2, 0) is 17.8 Å². The van der Waals surface area contributed by atoms with Crippen molar-refractivity contribution in [2.24, 2.45) is 5.10 Å². The number of fused-ring (bicyclic) bond motifs is 1. The summed E-state index contributed by atoms with van der Waals surface area (Å²) in [6.07, 6.45) is 1.42. The van der Waals surface area contributed by atoms with Gasteiger partial charge >= 0.3 is 0 Å². The molecule has 0 fully saturated rings. The molecule has 1 atom stereocenters. The highest BCUT2D eigenvalue weighted by Gasteiger charge is 2.35. The average Bonchev–Trinajstić information content (AvgIpc) is 3.34. The molecule has 0 aliphatic carbocycles. The van der Waals surface area contributed by atoms with Crippen LogP contribution in [0.25, 0.3) is 0 Å². The molecular formula is C28H28FN3O3. The Kier molecular flexibility index (Phi) is 6.51. The van der Waals surface area contributed by atoms with Gasteiger partial charge in [0.2, 0.25) is 0 Å². The summed E-state index contributed by atoms with van der Waals surface area (Å²) in [6.45, 7) is 1.83. The smallest absolute Gasteiger partial charge is 0.257 e. The molecule has 35 heavy (non-hydrogen) atoms. The lowest BCUT2D eigenvalue weighted by Crippen LogP contribution is -2.40. The average molecular weight is 474 g/mol. The van der Waals surface area contributed by atoms with Crippen molar-refractivity contribution in [1.29, 1.82) is 0 Å². The molecule has 2 aliphatic rings. The number of nitrogens with zero attached hydrogens (tertiary/aromatic N) is 3. The summed E-state index contributed by atoms with van der Waals surface area (Å²) in [7, 11) is 3.21. The maximum Gasteiger partial charge on any atom is 0.257 e. The zero-order valence-corrected chi connectivity index (χ0v) is 19.9. The monoisotopic (exact) mass is 473 g/mol. The van der Waals surface area contributed by atoms with Gasteiger partial charge < -0.3 is 9.47 Å². The van der Waals surface area contributed by atoms with Crippen LogP contribution < -0.4 is 9.47 Å². The number of rotatable bonds is 6. The number of amides is 1. The van der Waals surface area contributed by atoms with E-state index in [1.165, 1.54) is 23.3 Å². The highest BCUT2D eigenvalue weighted by molar-refractivity contribution is 6.03. The molecule has 7 heteroatoms. The highest BCUT2D eigenvalue weighted by atomic mass is 19.1. The minimum atomic E-state index is -0.333. The number of halogens is 1. The van der Waals surface area contributed by atoms with E-state index in [1.807, 2.05) is 24.3 Å². The molecule has 2 aliphatic heterocycles. The molecule has 0 radical (unpaired) electrons. The van der Waals surface area contributed by atoms with E-state index in [0.717, 1.165) is 36.3 Å². The van der Waals surface area contributed by atoms with Crippen molar-refractivity contribution in [3.63, 3.8) is 0 Å². The van der Waals surface area contributed by atoms with Gasteiger partial charge in [-0.2, -0.15) is 5.10 Å². The summed E-state index contributed by atoms with van der Waals surface area (Å²) in [5.74, 6) is 0.922. The molecule has 0 bridgehead atoms. The van der Waals surface area contributed by atoms with E-state index in [2.05, 4.69) is 23.1 Å². The quantitative estimate of drug-likeness (QED) is 0.526. The van der Waals surface area contributed by atoms with Crippen molar-refractivity contribution < 1.29 is 18.7 Å². The summed E-state index contributed by atoms with van der Waals surface area (Å²) < 4.78 is 24.5. The van der Waals surface area contributed by atoms with Gasteiger partial charge in [-0.05, 0) is 47.4 Å². The van der Waals surface area contributed by atoms with Gasteiger partial charge in [0.15, 0.2) is 0 Å². The predicted octanol–water partition coefficient (Wildman–Crippen LogP) is 4.58. The zero-order valence-electron chi connectivity index (χ0n) is 19.9. The Bertz CT molecular complexity index is 1260. The van der Waals surface area contributed by atoms with E-state index in [-0.39, 0.29) is 24.3 Å². The molecule has 0 saturated carbocycles. The van der Waals surface area contributed by atoms with Gasteiger partial charge in [-0.3, -0.25) is 9.69 Å². The Morgan fingerprint density at radius 3 is 2.54 bits per heavy atom. The molecule has 0 aromatic heterocycles. The van der Waals surface area contributed by atoms with E-state index in [9.17, 15) is 9.18 Å². The Morgan fingerprint density at radius 2 is 1.80 bits per heavy atom. The van der Waals surface area contributed by atoms with Crippen molar-refractivity contribution in [1.82, 2.24) is 9.91 Å². The molecule has 5 rings (SSSR count). The first-order valence-electron chi connectivity index (χ1n) is 11.7. The van der Waals surface area contributed by atoms with E-state index in [1.54, 1.807) is 31.4 Å². The van der Waals surface area contributed by atoms with Crippen LogP contribution in [0.1, 0.15) is 34.7 Å². The van der Waals surface area contributed by atoms with Crippen molar-refractivity contribution in [3.05, 3.63) is 94.8 Å². The lowest BCUT2D eigenvalue weighted by Gasteiger charge is -2.30. The van der Waals surface area contributed by atoms with Crippen LogP contribution in [0.2, 0.25) is 0 Å². The van der Waals surface area contributed by atoms with E-state index in [4.69, 9.17) is 14.6 Å². The van der Waals surface area contributed by atoms with Crippen molar-refractivity contribution in [2.75, 3.05) is 27.3 Å². The first-order chi connectivity index (χ1) is 17.1. The molecule has 180 valence electrons. The second-order valence-corrected chi connectivity index (χ2v) is 8.85. The topological polar surface area (TPSA) is 54.4 Å². The summed E-state index contributed by atoms with van der Waals surface area (Å²) >= 11 is 0. The largest absolute Gasteiger partial charge is 0.497 e. The van der Waals surface area contributed by atoms with Crippen LogP contribution in [0.5, 0.6) is 11.5 Å². The maximum absolute atomic E-state index is 13.6. The zero-order chi connectivity index (χ0) is 24.4. The Balaban J connectivity index is 1.43. The SMILES string of the molecule is COc1ccc(C2CC(c3ccc(F)cc3)=NN2C(=O)CN2CCc3ccccc3C2)c(OC)c1. The summed E-state index contributed by atoms with van der Waals surface area (Å²) in [5, 5.41) is 6.31. The molecule has 0 N–H and O–H groups in total. The van der Waals surface area contributed by atoms with Crippen molar-refractivity contribution in [2.45, 2.75) is 25.4 Å². The third-order valence-corrected chi connectivity index (χ3v) is 6.71. The number of ether oxygens (including phenoxy) is 2. The van der Waals surface area contributed by atoms with Gasteiger partial charge in [0.05, 0.1) is 32.5 Å². The number of hydrazone groups is 1. The normalized spacial score (nSPS) is 17.6. The number of benzene rings is 3. The predicted molar refractivity (Wildman–Crippen MR) is 132 cm³/mol. The van der Waals surface area contributed by atoms with Gasteiger partial charge in [-0.25, -0.2) is 9.40 Å². The van der Waals surface area contributed by atoms with Crippen LogP contribution in [0, 0.1) is 5.82 Å². The molecule has 6 nitrogen and oxygen atoms in total. The van der Waals surface area contributed by atoms with E-state index < -0.39 is 0 Å². The number of carbonyl (C=O) groups excluding carboxylic acids is 1. The van der Waals surface area contributed by atoms with Gasteiger partial charge in [-0.1, -0.05) is 36.4 Å². The number of methoxy groups -OCH3 is 2. The number of hydrogen-bond acceptors (Lipinski definition) is 5. The van der Waals surface area contributed by atoms with Crippen LogP contribution >= 0.6 is 0 Å². The molecular weight excluding hydrogens is 445 g/mol. The van der Waals surface area contributed by atoms with Crippen molar-refractivity contribution >= 4 is 11.6 Å². The van der Waals surface area contributed by atoms with Gasteiger partial charge in [0.25, 0.3) is 5.91 Å². The number of hydrogen-bond donors (Lipinski definition) is 0.